The third-order valence-corrected chi connectivity index (χ3v) is 7.23. The van der Waals surface area contributed by atoms with Crippen LogP contribution in [-0.4, -0.2) is 59.6 Å². The number of methoxy groups -OCH3 is 1. The maximum absolute atomic E-state index is 14.1. The number of hydrogen-bond acceptors (Lipinski definition) is 7. The van der Waals surface area contributed by atoms with Crippen molar-refractivity contribution in [3.05, 3.63) is 70.1 Å². The van der Waals surface area contributed by atoms with Crippen LogP contribution in [0, 0.1) is 5.82 Å². The molecule has 2 aromatic carbocycles. The predicted molar refractivity (Wildman–Crippen MR) is 144 cm³/mol. The van der Waals surface area contributed by atoms with Crippen LogP contribution >= 0.6 is 11.6 Å². The predicted octanol–water partition coefficient (Wildman–Crippen LogP) is 4.37. The summed E-state index contributed by atoms with van der Waals surface area (Å²) in [5.74, 6) is -0.504. The van der Waals surface area contributed by atoms with E-state index in [0.717, 1.165) is 18.4 Å². The van der Waals surface area contributed by atoms with Gasteiger partial charge in [-0.3, -0.25) is 9.59 Å². The van der Waals surface area contributed by atoms with Crippen LogP contribution in [0.4, 0.5) is 10.3 Å². The zero-order chi connectivity index (χ0) is 27.5. The van der Waals surface area contributed by atoms with Crippen molar-refractivity contribution in [1.82, 2.24) is 20.2 Å². The Labute approximate surface area is 230 Å². The highest BCUT2D eigenvalue weighted by molar-refractivity contribution is 6.33. The van der Waals surface area contributed by atoms with Gasteiger partial charge in [-0.2, -0.15) is 0 Å². The molecule has 11 heteroatoms. The minimum atomic E-state index is -0.507. The first-order chi connectivity index (χ1) is 18.8. The summed E-state index contributed by atoms with van der Waals surface area (Å²) in [5.41, 5.74) is 3.11. The minimum Gasteiger partial charge on any atom is -0.494 e. The van der Waals surface area contributed by atoms with Crippen molar-refractivity contribution in [3.63, 3.8) is 0 Å². The Hall–Kier alpha value is -3.76. The summed E-state index contributed by atoms with van der Waals surface area (Å²) >= 11 is 6.43. The van der Waals surface area contributed by atoms with Gasteiger partial charge >= 0.3 is 0 Å². The molecule has 2 N–H and O–H groups in total. The van der Waals surface area contributed by atoms with Gasteiger partial charge in [0.05, 0.1) is 30.1 Å². The van der Waals surface area contributed by atoms with E-state index in [2.05, 4.69) is 20.6 Å². The van der Waals surface area contributed by atoms with E-state index in [0.29, 0.717) is 53.1 Å². The van der Waals surface area contributed by atoms with E-state index < -0.39 is 11.9 Å². The Morgan fingerprint density at radius 3 is 2.79 bits per heavy atom. The van der Waals surface area contributed by atoms with Crippen molar-refractivity contribution < 1.29 is 23.5 Å². The van der Waals surface area contributed by atoms with Crippen molar-refractivity contribution >= 4 is 29.4 Å². The summed E-state index contributed by atoms with van der Waals surface area (Å²) in [5, 5.41) is 6.54. The molecule has 1 fully saturated rings. The van der Waals surface area contributed by atoms with Crippen LogP contribution in [0.1, 0.15) is 47.3 Å². The second-order valence-electron chi connectivity index (χ2n) is 9.64. The molecule has 9 nitrogen and oxygen atoms in total. The van der Waals surface area contributed by atoms with Crippen molar-refractivity contribution in [2.24, 2.45) is 0 Å². The smallest absolute Gasteiger partial charge is 0.254 e. The summed E-state index contributed by atoms with van der Waals surface area (Å²) in [6, 6.07) is 9.77. The second kappa shape index (κ2) is 11.5. The number of carbonyl (C=O) groups excluding carboxylic acids is 2. The standard InChI is InChI=1S/C28H29ClFN5O4/c1-16(17-5-6-24(38-2)23(30)12-17)32-25(36)15-35-14-19-4-3-18(11-21(19)27(35)37)26-22(29)13-31-28(34-26)33-20-7-9-39-10-8-20/h3-6,11-13,16,20H,7-10,14-15H2,1-2H3,(H,32,36)(H,31,33,34). The lowest BCUT2D eigenvalue weighted by Gasteiger charge is -2.23. The Morgan fingerprint density at radius 2 is 2.05 bits per heavy atom. The third-order valence-electron chi connectivity index (χ3n) is 6.95. The highest BCUT2D eigenvalue weighted by atomic mass is 35.5. The molecule has 1 atom stereocenters. The Kier molecular flexibility index (Phi) is 7.94. The fourth-order valence-electron chi connectivity index (χ4n) is 4.80. The van der Waals surface area contributed by atoms with Gasteiger partial charge in [0.25, 0.3) is 5.91 Å². The molecule has 3 aromatic rings. The lowest BCUT2D eigenvalue weighted by atomic mass is 10.0. The number of nitrogens with one attached hydrogen (secondary N) is 2. The van der Waals surface area contributed by atoms with Gasteiger partial charge in [0.15, 0.2) is 11.6 Å². The normalized spacial score (nSPS) is 16.1. The van der Waals surface area contributed by atoms with Gasteiger partial charge in [-0.15, -0.1) is 0 Å². The van der Waals surface area contributed by atoms with Crippen LogP contribution in [0.5, 0.6) is 5.75 Å². The molecule has 5 rings (SSSR count). The van der Waals surface area contributed by atoms with Crippen molar-refractivity contribution in [2.45, 2.75) is 38.4 Å². The lowest BCUT2D eigenvalue weighted by molar-refractivity contribution is -0.122. The first kappa shape index (κ1) is 26.8. The molecule has 2 aliphatic rings. The van der Waals surface area contributed by atoms with Crippen LogP contribution in [0.2, 0.25) is 5.02 Å². The molecule has 1 unspecified atom stereocenters. The number of carbonyl (C=O) groups is 2. The zero-order valence-corrected chi connectivity index (χ0v) is 22.4. The highest BCUT2D eigenvalue weighted by Crippen LogP contribution is 2.32. The number of aromatic nitrogens is 2. The van der Waals surface area contributed by atoms with E-state index in [1.807, 2.05) is 12.1 Å². The Balaban J connectivity index is 1.25. The summed E-state index contributed by atoms with van der Waals surface area (Å²) < 4.78 is 24.4. The van der Waals surface area contributed by atoms with Crippen LogP contribution in [-0.2, 0) is 16.1 Å². The van der Waals surface area contributed by atoms with Gasteiger partial charge < -0.3 is 25.0 Å². The zero-order valence-electron chi connectivity index (χ0n) is 21.7. The molecule has 39 heavy (non-hydrogen) atoms. The number of ether oxygens (including phenoxy) is 2. The quantitative estimate of drug-likeness (QED) is 0.427. The molecule has 1 saturated heterocycles. The summed E-state index contributed by atoms with van der Waals surface area (Å²) in [4.78, 5) is 36.3. The van der Waals surface area contributed by atoms with Crippen molar-refractivity contribution in [2.75, 3.05) is 32.2 Å². The molecule has 2 amide bonds. The first-order valence-electron chi connectivity index (χ1n) is 12.7. The number of amides is 2. The molecule has 1 aromatic heterocycles. The lowest BCUT2D eigenvalue weighted by Crippen LogP contribution is -2.38. The van der Waals surface area contributed by atoms with Gasteiger partial charge in [-0.05, 0) is 49.1 Å². The number of halogens is 2. The van der Waals surface area contributed by atoms with E-state index in [1.54, 1.807) is 25.3 Å². The second-order valence-corrected chi connectivity index (χ2v) is 10.0. The third kappa shape index (κ3) is 5.97. The molecule has 0 radical (unpaired) electrons. The maximum atomic E-state index is 14.1. The SMILES string of the molecule is COc1ccc(C(C)NC(=O)CN2Cc3ccc(-c4nc(NC5CCOCC5)ncc4Cl)cc3C2=O)cc1F. The molecule has 2 aliphatic heterocycles. The fraction of sp³-hybridized carbons (Fsp3) is 0.357. The summed E-state index contributed by atoms with van der Waals surface area (Å²) in [6.45, 7) is 3.32. The van der Waals surface area contributed by atoms with Gasteiger partial charge in [-0.1, -0.05) is 29.8 Å². The van der Waals surface area contributed by atoms with E-state index in [4.69, 9.17) is 21.1 Å². The molecule has 0 bridgehead atoms. The van der Waals surface area contributed by atoms with Gasteiger partial charge in [0, 0.05) is 36.9 Å². The Morgan fingerprint density at radius 1 is 1.26 bits per heavy atom. The Bertz CT molecular complexity index is 1400. The fourth-order valence-corrected chi connectivity index (χ4v) is 5.00. The van der Waals surface area contributed by atoms with E-state index in [-0.39, 0.29) is 30.2 Å². The summed E-state index contributed by atoms with van der Waals surface area (Å²) in [7, 11) is 1.39. The molecule has 0 saturated carbocycles. The first-order valence-corrected chi connectivity index (χ1v) is 13.1. The van der Waals surface area contributed by atoms with Crippen molar-refractivity contribution in [1.29, 1.82) is 0 Å². The maximum Gasteiger partial charge on any atom is 0.254 e. The van der Waals surface area contributed by atoms with Crippen LogP contribution < -0.4 is 15.4 Å². The highest BCUT2D eigenvalue weighted by Gasteiger charge is 2.30. The van der Waals surface area contributed by atoms with E-state index in [1.165, 1.54) is 24.1 Å². The molecular weight excluding hydrogens is 525 g/mol. The number of nitrogens with zero attached hydrogens (tertiary/aromatic N) is 3. The molecule has 0 aliphatic carbocycles. The van der Waals surface area contributed by atoms with Gasteiger partial charge in [0.1, 0.15) is 6.54 Å². The molecule has 204 valence electrons. The number of benzene rings is 2. The molecule has 3 heterocycles. The van der Waals surface area contributed by atoms with E-state index >= 15 is 0 Å². The number of rotatable bonds is 8. The topological polar surface area (TPSA) is 106 Å². The summed E-state index contributed by atoms with van der Waals surface area (Å²) in [6.07, 6.45) is 3.29. The number of fused-ring (bicyclic) bond motifs is 1. The van der Waals surface area contributed by atoms with Crippen LogP contribution in [0.25, 0.3) is 11.3 Å². The molecule has 0 spiro atoms. The minimum absolute atomic E-state index is 0.126. The van der Waals surface area contributed by atoms with E-state index in [9.17, 15) is 14.0 Å². The monoisotopic (exact) mass is 553 g/mol. The van der Waals surface area contributed by atoms with Gasteiger partial charge in [0.2, 0.25) is 11.9 Å². The average molecular weight is 554 g/mol. The molecular formula is C28H29ClFN5O4. The average Bonchev–Trinajstić information content (AvgIpc) is 3.24. The number of hydrogen-bond donors (Lipinski definition) is 2. The largest absolute Gasteiger partial charge is 0.494 e. The van der Waals surface area contributed by atoms with Crippen molar-refractivity contribution in [3.8, 4) is 17.0 Å². The van der Waals surface area contributed by atoms with Gasteiger partial charge in [-0.25, -0.2) is 14.4 Å². The number of anilines is 1. The van der Waals surface area contributed by atoms with Crippen LogP contribution in [0.3, 0.4) is 0 Å². The van der Waals surface area contributed by atoms with Crippen LogP contribution in [0.15, 0.2) is 42.6 Å².